The first-order valence-electron chi connectivity index (χ1n) is 10.6. The minimum atomic E-state index is -0.272. The van der Waals surface area contributed by atoms with Gasteiger partial charge in [0, 0.05) is 12.8 Å². The number of hydrogen-bond donors (Lipinski definition) is 0. The van der Waals surface area contributed by atoms with E-state index in [1.807, 2.05) is 50.2 Å². The molecule has 0 fully saturated rings. The molecule has 0 heterocycles. The van der Waals surface area contributed by atoms with E-state index in [-0.39, 0.29) is 24.0 Å². The van der Waals surface area contributed by atoms with E-state index in [1.165, 1.54) is 5.56 Å². The van der Waals surface area contributed by atoms with Gasteiger partial charge in [0.05, 0.1) is 5.92 Å². The maximum Gasteiger partial charge on any atom is 0.235 e. The van der Waals surface area contributed by atoms with Crippen LogP contribution in [0.1, 0.15) is 53.0 Å². The summed E-state index contributed by atoms with van der Waals surface area (Å²) in [4.78, 5) is 14.4. The standard InChI is InChI=1S/C26H35NO3/c1-8-26(6,9-2)21-10-14-23(15-11-21)30-24-16-12-22(13-17-24)27(18-29-7)25(28)20(5)19(3)4/h10-17,20H,3,8-9,18H2,1-2,4-7H3. The molecule has 0 saturated carbocycles. The second-order valence-electron chi connectivity index (χ2n) is 8.14. The fourth-order valence-electron chi connectivity index (χ4n) is 3.25. The first-order chi connectivity index (χ1) is 14.3. The highest BCUT2D eigenvalue weighted by Crippen LogP contribution is 2.33. The van der Waals surface area contributed by atoms with Gasteiger partial charge in [-0.1, -0.05) is 45.1 Å². The van der Waals surface area contributed by atoms with Crippen molar-refractivity contribution in [1.29, 1.82) is 0 Å². The quantitative estimate of drug-likeness (QED) is 0.323. The molecule has 1 unspecified atom stereocenters. The molecule has 1 amide bonds. The lowest BCUT2D eigenvalue weighted by atomic mass is 9.78. The Kier molecular flexibility index (Phi) is 8.24. The maximum absolute atomic E-state index is 12.8. The second kappa shape index (κ2) is 10.4. The summed E-state index contributed by atoms with van der Waals surface area (Å²) in [6.45, 7) is 14.5. The third-order valence-electron chi connectivity index (χ3n) is 6.13. The Balaban J connectivity index is 2.15. The third kappa shape index (κ3) is 5.51. The third-order valence-corrected chi connectivity index (χ3v) is 6.13. The highest BCUT2D eigenvalue weighted by Gasteiger charge is 2.23. The van der Waals surface area contributed by atoms with Crippen molar-refractivity contribution < 1.29 is 14.3 Å². The van der Waals surface area contributed by atoms with E-state index in [1.54, 1.807) is 12.0 Å². The molecule has 2 aromatic carbocycles. The van der Waals surface area contributed by atoms with E-state index in [9.17, 15) is 4.79 Å². The van der Waals surface area contributed by atoms with Crippen molar-refractivity contribution in [3.05, 3.63) is 66.2 Å². The van der Waals surface area contributed by atoms with Gasteiger partial charge in [-0.25, -0.2) is 0 Å². The zero-order valence-electron chi connectivity index (χ0n) is 19.2. The Morgan fingerprint density at radius 2 is 1.53 bits per heavy atom. The monoisotopic (exact) mass is 409 g/mol. The summed E-state index contributed by atoms with van der Waals surface area (Å²) in [6.07, 6.45) is 2.21. The highest BCUT2D eigenvalue weighted by molar-refractivity contribution is 5.96. The van der Waals surface area contributed by atoms with Crippen LogP contribution in [0.15, 0.2) is 60.7 Å². The van der Waals surface area contributed by atoms with Crippen LogP contribution in [-0.4, -0.2) is 19.7 Å². The number of hydrogen-bond acceptors (Lipinski definition) is 3. The second-order valence-corrected chi connectivity index (χ2v) is 8.14. The van der Waals surface area contributed by atoms with E-state index in [0.29, 0.717) is 0 Å². The van der Waals surface area contributed by atoms with Crippen LogP contribution in [0.4, 0.5) is 5.69 Å². The molecule has 0 radical (unpaired) electrons. The average Bonchev–Trinajstić information content (AvgIpc) is 2.77. The molecule has 2 rings (SSSR count). The van der Waals surface area contributed by atoms with Crippen LogP contribution in [0, 0.1) is 5.92 Å². The van der Waals surface area contributed by atoms with Crippen molar-refractivity contribution in [2.45, 2.75) is 52.9 Å². The Hall–Kier alpha value is -2.59. The van der Waals surface area contributed by atoms with Crippen LogP contribution in [0.25, 0.3) is 0 Å². The molecule has 0 aliphatic rings. The number of anilines is 1. The number of nitrogens with zero attached hydrogens (tertiary/aromatic N) is 1. The molecular weight excluding hydrogens is 374 g/mol. The summed E-state index contributed by atoms with van der Waals surface area (Å²) >= 11 is 0. The van der Waals surface area contributed by atoms with Crippen molar-refractivity contribution >= 4 is 11.6 Å². The van der Waals surface area contributed by atoms with Crippen LogP contribution in [0.2, 0.25) is 0 Å². The molecule has 0 bridgehead atoms. The smallest absolute Gasteiger partial charge is 0.235 e. The fraction of sp³-hybridized carbons (Fsp3) is 0.423. The number of rotatable bonds is 10. The Morgan fingerprint density at radius 3 is 1.97 bits per heavy atom. The molecule has 2 aromatic rings. The van der Waals surface area contributed by atoms with Crippen LogP contribution in [0.5, 0.6) is 11.5 Å². The van der Waals surface area contributed by atoms with Gasteiger partial charge in [0.25, 0.3) is 0 Å². The molecule has 0 aliphatic heterocycles. The normalized spacial score (nSPS) is 12.3. The summed E-state index contributed by atoms with van der Waals surface area (Å²) in [5.74, 6) is 1.20. The van der Waals surface area contributed by atoms with Gasteiger partial charge >= 0.3 is 0 Å². The predicted octanol–water partition coefficient (Wildman–Crippen LogP) is 6.71. The number of carbonyl (C=O) groups is 1. The molecule has 4 heteroatoms. The number of amides is 1. The molecule has 4 nitrogen and oxygen atoms in total. The number of ether oxygens (including phenoxy) is 2. The van der Waals surface area contributed by atoms with Gasteiger partial charge in [-0.2, -0.15) is 0 Å². The lowest BCUT2D eigenvalue weighted by Crippen LogP contribution is -2.37. The lowest BCUT2D eigenvalue weighted by Gasteiger charge is -2.27. The van der Waals surface area contributed by atoms with Crippen LogP contribution in [0.3, 0.4) is 0 Å². The van der Waals surface area contributed by atoms with Crippen molar-refractivity contribution in [3.63, 3.8) is 0 Å². The minimum Gasteiger partial charge on any atom is -0.457 e. The zero-order valence-corrected chi connectivity index (χ0v) is 19.2. The zero-order chi connectivity index (χ0) is 22.3. The molecular formula is C26H35NO3. The van der Waals surface area contributed by atoms with Gasteiger partial charge in [-0.15, -0.1) is 0 Å². The number of benzene rings is 2. The topological polar surface area (TPSA) is 38.8 Å². The van der Waals surface area contributed by atoms with E-state index in [2.05, 4.69) is 39.5 Å². The van der Waals surface area contributed by atoms with Crippen molar-refractivity contribution in [2.75, 3.05) is 18.7 Å². The van der Waals surface area contributed by atoms with Gasteiger partial charge in [-0.05, 0) is 74.1 Å². The van der Waals surface area contributed by atoms with E-state index >= 15 is 0 Å². The van der Waals surface area contributed by atoms with Crippen LogP contribution >= 0.6 is 0 Å². The largest absolute Gasteiger partial charge is 0.457 e. The first kappa shape index (κ1) is 23.7. The molecule has 0 aromatic heterocycles. The van der Waals surface area contributed by atoms with E-state index < -0.39 is 0 Å². The Bertz CT molecular complexity index is 836. The number of carbonyl (C=O) groups excluding carboxylic acids is 1. The van der Waals surface area contributed by atoms with Gasteiger partial charge < -0.3 is 9.47 Å². The average molecular weight is 410 g/mol. The minimum absolute atomic E-state index is 0.0384. The maximum atomic E-state index is 12.8. The van der Waals surface area contributed by atoms with E-state index in [4.69, 9.17) is 9.47 Å². The van der Waals surface area contributed by atoms with E-state index in [0.717, 1.165) is 35.6 Å². The lowest BCUT2D eigenvalue weighted by molar-refractivity contribution is -0.121. The van der Waals surface area contributed by atoms with Crippen molar-refractivity contribution in [3.8, 4) is 11.5 Å². The summed E-state index contributed by atoms with van der Waals surface area (Å²) in [5, 5.41) is 0. The van der Waals surface area contributed by atoms with Crippen molar-refractivity contribution in [2.24, 2.45) is 5.92 Å². The summed E-state index contributed by atoms with van der Waals surface area (Å²) in [7, 11) is 1.58. The summed E-state index contributed by atoms with van der Waals surface area (Å²) in [5.41, 5.74) is 3.11. The molecule has 0 aliphatic carbocycles. The van der Waals surface area contributed by atoms with Crippen LogP contribution in [-0.2, 0) is 14.9 Å². The summed E-state index contributed by atoms with van der Waals surface area (Å²) < 4.78 is 11.2. The molecule has 1 atom stereocenters. The van der Waals surface area contributed by atoms with Gasteiger partial charge in [-0.3, -0.25) is 9.69 Å². The van der Waals surface area contributed by atoms with Gasteiger partial charge in [0.1, 0.15) is 18.2 Å². The number of methoxy groups -OCH3 is 1. The molecule has 30 heavy (non-hydrogen) atoms. The SMILES string of the molecule is C=C(C)C(C)C(=O)N(COC)c1ccc(Oc2ccc(C(C)(CC)CC)cc2)cc1. The highest BCUT2D eigenvalue weighted by atomic mass is 16.5. The van der Waals surface area contributed by atoms with Gasteiger partial charge in [0.15, 0.2) is 0 Å². The first-order valence-corrected chi connectivity index (χ1v) is 10.6. The Morgan fingerprint density at radius 1 is 1.03 bits per heavy atom. The molecule has 0 N–H and O–H groups in total. The summed E-state index contributed by atoms with van der Waals surface area (Å²) in [6, 6.07) is 15.8. The molecule has 0 saturated heterocycles. The van der Waals surface area contributed by atoms with Crippen molar-refractivity contribution in [1.82, 2.24) is 0 Å². The predicted molar refractivity (Wildman–Crippen MR) is 124 cm³/mol. The van der Waals surface area contributed by atoms with Gasteiger partial charge in [0.2, 0.25) is 5.91 Å². The molecule has 0 spiro atoms. The molecule has 162 valence electrons. The Labute approximate surface area is 181 Å². The fourth-order valence-corrected chi connectivity index (χ4v) is 3.25. The van der Waals surface area contributed by atoms with Crippen LogP contribution < -0.4 is 9.64 Å².